The molecule has 1 aliphatic carbocycles. The van der Waals surface area contributed by atoms with Crippen LogP contribution in [0.3, 0.4) is 0 Å². The van der Waals surface area contributed by atoms with E-state index in [1.54, 1.807) is 18.3 Å². The summed E-state index contributed by atoms with van der Waals surface area (Å²) >= 11 is 0. The molecule has 31 heavy (non-hydrogen) atoms. The molecule has 1 saturated carbocycles. The van der Waals surface area contributed by atoms with E-state index in [1.165, 1.54) is 12.1 Å². The van der Waals surface area contributed by atoms with Crippen molar-refractivity contribution in [1.29, 1.82) is 0 Å². The zero-order chi connectivity index (χ0) is 21.6. The quantitative estimate of drug-likeness (QED) is 0.532. The Morgan fingerprint density at radius 2 is 2.00 bits per heavy atom. The number of ether oxygens (including phenoxy) is 1. The van der Waals surface area contributed by atoms with Crippen LogP contribution in [0.25, 0.3) is 10.9 Å². The van der Waals surface area contributed by atoms with Gasteiger partial charge >= 0.3 is 0 Å². The maximum atomic E-state index is 14.1. The zero-order valence-electron chi connectivity index (χ0n) is 17.2. The lowest BCUT2D eigenvalue weighted by molar-refractivity contribution is 0.269. The summed E-state index contributed by atoms with van der Waals surface area (Å²) in [5, 5.41) is 0.548. The Kier molecular flexibility index (Phi) is 4.54. The molecule has 5 rings (SSSR count). The molecule has 0 saturated heterocycles. The zero-order valence-corrected chi connectivity index (χ0v) is 17.2. The molecule has 1 unspecified atom stereocenters. The molecule has 0 spiro atoms. The number of rotatable bonds is 5. The summed E-state index contributed by atoms with van der Waals surface area (Å²) in [4.78, 5) is 28.8. The molecule has 2 aromatic carbocycles. The Labute approximate surface area is 178 Å². The Bertz CT molecular complexity index is 1350. The van der Waals surface area contributed by atoms with Gasteiger partial charge in [-0.05, 0) is 50.1 Å². The molecule has 2 atom stereocenters. The van der Waals surface area contributed by atoms with Crippen molar-refractivity contribution in [3.8, 4) is 5.75 Å². The van der Waals surface area contributed by atoms with Crippen LogP contribution < -0.4 is 10.3 Å². The second kappa shape index (κ2) is 7.27. The van der Waals surface area contributed by atoms with Crippen LogP contribution in [-0.4, -0.2) is 26.5 Å². The van der Waals surface area contributed by atoms with Gasteiger partial charge in [-0.15, -0.1) is 0 Å². The minimum atomic E-state index is -0.502. The number of fused-ring (bicyclic) bond motifs is 1. The van der Waals surface area contributed by atoms with E-state index in [9.17, 15) is 9.18 Å². The van der Waals surface area contributed by atoms with Gasteiger partial charge in [-0.2, -0.15) is 0 Å². The van der Waals surface area contributed by atoms with Gasteiger partial charge in [0.05, 0.1) is 29.4 Å². The number of hydrogen-bond acceptors (Lipinski definition) is 5. The van der Waals surface area contributed by atoms with Gasteiger partial charge in [0.25, 0.3) is 5.56 Å². The van der Waals surface area contributed by atoms with Gasteiger partial charge in [0.1, 0.15) is 17.5 Å². The highest BCUT2D eigenvalue weighted by Gasteiger charge is 2.58. The van der Waals surface area contributed by atoms with E-state index in [0.717, 1.165) is 11.3 Å². The van der Waals surface area contributed by atoms with Crippen molar-refractivity contribution in [2.24, 2.45) is 0 Å². The van der Waals surface area contributed by atoms with Crippen molar-refractivity contribution >= 4 is 10.9 Å². The van der Waals surface area contributed by atoms with Crippen LogP contribution in [0.2, 0.25) is 0 Å². The van der Waals surface area contributed by atoms with Crippen LogP contribution in [0.5, 0.6) is 5.75 Å². The Morgan fingerprint density at radius 1 is 1.16 bits per heavy atom. The molecule has 0 amide bonds. The first-order valence-corrected chi connectivity index (χ1v) is 10.1. The fraction of sp³-hybridized carbons (Fsp3) is 0.250. The van der Waals surface area contributed by atoms with E-state index in [2.05, 4.69) is 15.0 Å². The van der Waals surface area contributed by atoms with Gasteiger partial charge in [-0.3, -0.25) is 4.79 Å². The van der Waals surface area contributed by atoms with Gasteiger partial charge in [-0.1, -0.05) is 24.3 Å². The van der Waals surface area contributed by atoms with Gasteiger partial charge in [0.2, 0.25) is 0 Å². The molecule has 156 valence electrons. The summed E-state index contributed by atoms with van der Waals surface area (Å²) in [5.74, 6) is 1.45. The van der Waals surface area contributed by atoms with Crippen molar-refractivity contribution in [1.82, 2.24) is 19.9 Å². The number of aromatic amines is 1. The maximum absolute atomic E-state index is 14.1. The van der Waals surface area contributed by atoms with Gasteiger partial charge in [0.15, 0.2) is 5.75 Å². The number of benzene rings is 2. The molecule has 1 N–H and O–H groups in total. The van der Waals surface area contributed by atoms with Crippen molar-refractivity contribution in [3.63, 3.8) is 0 Å². The molecule has 1 aliphatic rings. The normalized spacial score (nSPS) is 20.0. The van der Waals surface area contributed by atoms with Gasteiger partial charge in [-0.25, -0.2) is 19.3 Å². The van der Waals surface area contributed by atoms with Crippen LogP contribution >= 0.6 is 0 Å². The molecule has 1 fully saturated rings. The molecular weight excluding hydrogens is 395 g/mol. The summed E-state index contributed by atoms with van der Waals surface area (Å²) < 4.78 is 20.2. The standard InChI is InChI=1S/C24H21FN4O2/c1-14-21(12-26-15(2)27-14)31-13-24(16-6-5-7-17(25)10-16)11-19(24)22-28-20-9-4-3-8-18(20)23(30)29-22/h3-10,12,19H,11,13H2,1-2H3,(H,28,29,30)/t19?,24-/m1/s1. The topological polar surface area (TPSA) is 80.8 Å². The van der Waals surface area contributed by atoms with Crippen LogP contribution in [-0.2, 0) is 5.41 Å². The van der Waals surface area contributed by atoms with E-state index in [0.29, 0.717) is 41.3 Å². The third kappa shape index (κ3) is 3.46. The van der Waals surface area contributed by atoms with E-state index >= 15 is 0 Å². The first-order chi connectivity index (χ1) is 15.0. The summed E-state index contributed by atoms with van der Waals surface area (Å²) in [6, 6.07) is 13.8. The lowest BCUT2D eigenvalue weighted by Crippen LogP contribution is -2.22. The number of para-hydroxylation sites is 1. The second-order valence-corrected chi connectivity index (χ2v) is 8.05. The molecule has 2 aromatic heterocycles. The minimum absolute atomic E-state index is 0.0988. The third-order valence-corrected chi connectivity index (χ3v) is 5.98. The van der Waals surface area contributed by atoms with E-state index in [4.69, 9.17) is 9.72 Å². The van der Waals surface area contributed by atoms with Gasteiger partial charge < -0.3 is 9.72 Å². The predicted molar refractivity (Wildman–Crippen MR) is 115 cm³/mol. The number of aryl methyl sites for hydroxylation is 2. The van der Waals surface area contributed by atoms with Crippen LogP contribution in [0, 0.1) is 19.7 Å². The smallest absolute Gasteiger partial charge is 0.258 e. The Balaban J connectivity index is 1.53. The molecule has 4 aromatic rings. The molecule has 0 aliphatic heterocycles. The minimum Gasteiger partial charge on any atom is -0.489 e. The number of H-pyrrole nitrogens is 1. The lowest BCUT2D eigenvalue weighted by atomic mass is 9.93. The number of nitrogens with zero attached hydrogens (tertiary/aromatic N) is 3. The summed E-state index contributed by atoms with van der Waals surface area (Å²) in [7, 11) is 0. The predicted octanol–water partition coefficient (Wildman–Crippen LogP) is 3.97. The molecule has 0 bridgehead atoms. The number of halogens is 1. The SMILES string of the molecule is Cc1ncc(OC[C@@]2(c3cccc(F)c3)CC2c2nc3ccccc3c(=O)[nH]2)c(C)n1. The summed E-state index contributed by atoms with van der Waals surface area (Å²) in [6.45, 7) is 3.99. The molecular formula is C24H21FN4O2. The van der Waals surface area contributed by atoms with Crippen molar-refractivity contribution in [2.45, 2.75) is 31.6 Å². The van der Waals surface area contributed by atoms with Crippen molar-refractivity contribution in [3.05, 3.63) is 93.8 Å². The first kappa shape index (κ1) is 19.4. The largest absolute Gasteiger partial charge is 0.489 e. The average Bonchev–Trinajstić information content (AvgIpc) is 3.49. The van der Waals surface area contributed by atoms with Crippen molar-refractivity contribution < 1.29 is 9.13 Å². The van der Waals surface area contributed by atoms with Crippen LogP contribution in [0.15, 0.2) is 59.5 Å². The monoisotopic (exact) mass is 416 g/mol. The Morgan fingerprint density at radius 3 is 2.81 bits per heavy atom. The van der Waals surface area contributed by atoms with Crippen LogP contribution in [0.4, 0.5) is 4.39 Å². The molecule has 6 nitrogen and oxygen atoms in total. The second-order valence-electron chi connectivity index (χ2n) is 8.05. The van der Waals surface area contributed by atoms with E-state index < -0.39 is 5.41 Å². The maximum Gasteiger partial charge on any atom is 0.258 e. The molecule has 0 radical (unpaired) electrons. The number of aromatic nitrogens is 4. The summed E-state index contributed by atoms with van der Waals surface area (Å²) in [6.07, 6.45) is 2.34. The first-order valence-electron chi connectivity index (χ1n) is 10.1. The highest BCUT2D eigenvalue weighted by molar-refractivity contribution is 5.77. The fourth-order valence-corrected chi connectivity index (χ4v) is 4.21. The van der Waals surface area contributed by atoms with Crippen LogP contribution in [0.1, 0.15) is 35.2 Å². The van der Waals surface area contributed by atoms with Gasteiger partial charge in [0, 0.05) is 11.3 Å². The highest BCUT2D eigenvalue weighted by Crippen LogP contribution is 2.59. The fourth-order valence-electron chi connectivity index (χ4n) is 4.21. The number of nitrogens with one attached hydrogen (secondary N) is 1. The Hall–Kier alpha value is -3.61. The highest BCUT2D eigenvalue weighted by atomic mass is 19.1. The summed E-state index contributed by atoms with van der Waals surface area (Å²) in [5.41, 5.74) is 1.53. The van der Waals surface area contributed by atoms with Crippen molar-refractivity contribution in [2.75, 3.05) is 6.61 Å². The molecule has 2 heterocycles. The average molecular weight is 416 g/mol. The van der Waals surface area contributed by atoms with E-state index in [1.807, 2.05) is 38.1 Å². The number of hydrogen-bond donors (Lipinski definition) is 1. The lowest BCUT2D eigenvalue weighted by Gasteiger charge is -2.20. The van der Waals surface area contributed by atoms with E-state index in [-0.39, 0.29) is 17.3 Å². The third-order valence-electron chi connectivity index (χ3n) is 5.98. The molecule has 7 heteroatoms.